The molecule has 2 saturated heterocycles. The van der Waals surface area contributed by atoms with Crippen LogP contribution in [0, 0.1) is 5.92 Å². The zero-order valence-electron chi connectivity index (χ0n) is 21.6. The second kappa shape index (κ2) is 11.6. The highest BCUT2D eigenvalue weighted by atomic mass is 35.5. The van der Waals surface area contributed by atoms with Crippen molar-refractivity contribution in [2.45, 2.75) is 44.1 Å². The number of carbonyl (C=O) groups is 2. The highest BCUT2D eigenvalue weighted by Gasteiger charge is 2.45. The quantitative estimate of drug-likeness (QED) is 0.484. The van der Waals surface area contributed by atoms with Gasteiger partial charge in [-0.3, -0.25) is 9.59 Å². The van der Waals surface area contributed by atoms with Gasteiger partial charge in [0.05, 0.1) is 5.56 Å². The Balaban J connectivity index is 1.25. The summed E-state index contributed by atoms with van der Waals surface area (Å²) in [4.78, 5) is 35.7. The lowest BCUT2D eigenvalue weighted by molar-refractivity contribution is -0.153. The van der Waals surface area contributed by atoms with Crippen molar-refractivity contribution in [2.24, 2.45) is 5.92 Å². The number of pyridine rings is 1. The Hall–Kier alpha value is -2.64. The fourth-order valence-electron chi connectivity index (χ4n) is 5.35. The number of rotatable bonds is 8. The molecular formula is C28H37ClN4O3. The van der Waals surface area contributed by atoms with Crippen molar-refractivity contribution < 1.29 is 14.3 Å². The molecule has 2 aromatic rings. The molecule has 0 N–H and O–H groups in total. The molecular weight excluding hydrogens is 476 g/mol. The summed E-state index contributed by atoms with van der Waals surface area (Å²) in [6.45, 7) is 3.18. The maximum absolute atomic E-state index is 13.4. The molecule has 4 rings (SSSR count). The topological polar surface area (TPSA) is 66.0 Å². The number of piperidine rings is 1. The predicted octanol–water partition coefficient (Wildman–Crippen LogP) is 4.60. The Labute approximate surface area is 219 Å². The molecule has 7 nitrogen and oxygen atoms in total. The van der Waals surface area contributed by atoms with E-state index in [2.05, 4.69) is 9.88 Å². The Morgan fingerprint density at radius 2 is 1.83 bits per heavy atom. The van der Waals surface area contributed by atoms with Gasteiger partial charge in [-0.2, -0.15) is 0 Å². The van der Waals surface area contributed by atoms with Crippen LogP contribution in [0.5, 0.6) is 0 Å². The fourth-order valence-corrected chi connectivity index (χ4v) is 5.58. The Morgan fingerprint density at radius 3 is 2.44 bits per heavy atom. The van der Waals surface area contributed by atoms with Gasteiger partial charge in [0.2, 0.25) is 0 Å². The minimum atomic E-state index is -0.831. The summed E-state index contributed by atoms with van der Waals surface area (Å²) in [5.74, 6) is 1.37. The third kappa shape index (κ3) is 5.68. The number of likely N-dealkylation sites (N-methyl/N-ethyl adjacent to an activating group) is 1. The number of nitrogens with zero attached hydrogens (tertiary/aromatic N) is 4. The first kappa shape index (κ1) is 26.4. The summed E-state index contributed by atoms with van der Waals surface area (Å²) in [5, 5.41) is 0.251. The highest BCUT2D eigenvalue weighted by Crippen LogP contribution is 2.38. The van der Waals surface area contributed by atoms with Gasteiger partial charge in [0.25, 0.3) is 11.8 Å². The van der Waals surface area contributed by atoms with Crippen LogP contribution in [0.25, 0.3) is 0 Å². The first-order valence-corrected chi connectivity index (χ1v) is 13.3. The van der Waals surface area contributed by atoms with Crippen molar-refractivity contribution in [1.29, 1.82) is 0 Å². The molecule has 2 aliphatic heterocycles. The second-order valence-electron chi connectivity index (χ2n) is 10.2. The van der Waals surface area contributed by atoms with E-state index in [0.29, 0.717) is 18.1 Å². The lowest BCUT2D eigenvalue weighted by Crippen LogP contribution is -2.45. The van der Waals surface area contributed by atoms with Gasteiger partial charge >= 0.3 is 0 Å². The lowest BCUT2D eigenvalue weighted by Gasteiger charge is -2.34. The van der Waals surface area contributed by atoms with Crippen LogP contribution in [-0.4, -0.2) is 74.0 Å². The van der Waals surface area contributed by atoms with Crippen molar-refractivity contribution in [3.63, 3.8) is 0 Å². The summed E-state index contributed by atoms with van der Waals surface area (Å²) >= 11 is 6.31. The zero-order valence-corrected chi connectivity index (χ0v) is 22.3. The van der Waals surface area contributed by atoms with Crippen LogP contribution in [0.3, 0.4) is 0 Å². The van der Waals surface area contributed by atoms with Crippen LogP contribution < -0.4 is 4.90 Å². The van der Waals surface area contributed by atoms with Crippen LogP contribution >= 0.6 is 11.6 Å². The average molecular weight is 513 g/mol. The van der Waals surface area contributed by atoms with Gasteiger partial charge in [0.15, 0.2) is 5.60 Å². The van der Waals surface area contributed by atoms with Gasteiger partial charge in [0.1, 0.15) is 11.0 Å². The molecule has 36 heavy (non-hydrogen) atoms. The van der Waals surface area contributed by atoms with Crippen molar-refractivity contribution in [1.82, 2.24) is 14.8 Å². The van der Waals surface area contributed by atoms with E-state index in [4.69, 9.17) is 16.3 Å². The summed E-state index contributed by atoms with van der Waals surface area (Å²) in [5.41, 5.74) is 0.554. The van der Waals surface area contributed by atoms with Gasteiger partial charge in [-0.05, 0) is 62.1 Å². The molecule has 8 heteroatoms. The highest BCUT2D eigenvalue weighted by molar-refractivity contribution is 6.32. The molecule has 1 atom stereocenters. The number of carbonyl (C=O) groups excluding carboxylic acids is 2. The molecule has 2 amide bonds. The van der Waals surface area contributed by atoms with E-state index >= 15 is 0 Å². The molecule has 0 unspecified atom stereocenters. The molecule has 0 bridgehead atoms. The van der Waals surface area contributed by atoms with Crippen LogP contribution in [0.4, 0.5) is 5.82 Å². The standard InChI is InChI=1S/C28H37ClN4O3/c1-31(2)26(34)23-12-13-24(30-25(23)29)33-18-14-21(15-19-33)9-7-17-32(3)27(35)28(16-8-20-36-28)22-10-5-4-6-11-22/h4-6,10-13,21H,7-9,14-20H2,1-3H3/t28-/m0/s1. The van der Waals surface area contributed by atoms with E-state index in [-0.39, 0.29) is 17.0 Å². The van der Waals surface area contributed by atoms with E-state index in [1.807, 2.05) is 48.3 Å². The number of amides is 2. The van der Waals surface area contributed by atoms with Crippen molar-refractivity contribution in [3.8, 4) is 0 Å². The minimum absolute atomic E-state index is 0.0696. The second-order valence-corrected chi connectivity index (χ2v) is 10.5. The Kier molecular flexibility index (Phi) is 8.52. The van der Waals surface area contributed by atoms with Gasteiger partial charge < -0.3 is 19.4 Å². The predicted molar refractivity (Wildman–Crippen MR) is 142 cm³/mol. The summed E-state index contributed by atoms with van der Waals surface area (Å²) < 4.78 is 6.07. The zero-order chi connectivity index (χ0) is 25.7. The number of aromatic nitrogens is 1. The first-order chi connectivity index (χ1) is 17.3. The fraction of sp³-hybridized carbons (Fsp3) is 0.536. The third-order valence-electron chi connectivity index (χ3n) is 7.47. The number of anilines is 1. The van der Waals surface area contributed by atoms with Crippen molar-refractivity contribution >= 4 is 29.2 Å². The Morgan fingerprint density at radius 1 is 1.11 bits per heavy atom. The van der Waals surface area contributed by atoms with Crippen LogP contribution in [0.2, 0.25) is 5.15 Å². The molecule has 1 aromatic heterocycles. The average Bonchev–Trinajstić information content (AvgIpc) is 3.40. The Bertz CT molecular complexity index is 1050. The van der Waals surface area contributed by atoms with Gasteiger partial charge in [0, 0.05) is 47.4 Å². The van der Waals surface area contributed by atoms with E-state index in [0.717, 1.165) is 69.5 Å². The SMILES string of the molecule is CN(C)C(=O)c1ccc(N2CCC(CCCN(C)C(=O)[C@@]3(c4ccccc4)CCCO3)CC2)nc1Cl. The number of hydrogen-bond acceptors (Lipinski definition) is 5. The van der Waals surface area contributed by atoms with Gasteiger partial charge in [-0.25, -0.2) is 4.98 Å². The molecule has 0 aliphatic carbocycles. The minimum Gasteiger partial charge on any atom is -0.360 e. The molecule has 0 spiro atoms. The summed E-state index contributed by atoms with van der Waals surface area (Å²) in [7, 11) is 5.31. The molecule has 0 saturated carbocycles. The third-order valence-corrected chi connectivity index (χ3v) is 7.76. The number of halogens is 1. The van der Waals surface area contributed by atoms with E-state index in [1.165, 1.54) is 4.90 Å². The van der Waals surface area contributed by atoms with Crippen LogP contribution in [-0.2, 0) is 15.1 Å². The van der Waals surface area contributed by atoms with Crippen molar-refractivity contribution in [3.05, 3.63) is 58.7 Å². The number of ether oxygens (including phenoxy) is 1. The molecule has 3 heterocycles. The summed E-state index contributed by atoms with van der Waals surface area (Å²) in [6.07, 6.45) is 5.86. The van der Waals surface area contributed by atoms with Crippen molar-refractivity contribution in [2.75, 3.05) is 52.3 Å². The number of hydrogen-bond donors (Lipinski definition) is 0. The van der Waals surface area contributed by atoms with E-state index < -0.39 is 5.60 Å². The maximum Gasteiger partial charge on any atom is 0.259 e. The van der Waals surface area contributed by atoms with E-state index in [9.17, 15) is 9.59 Å². The molecule has 2 fully saturated rings. The summed E-state index contributed by atoms with van der Waals surface area (Å²) in [6, 6.07) is 13.6. The normalized spacial score (nSPS) is 20.4. The van der Waals surface area contributed by atoms with Gasteiger partial charge in [-0.1, -0.05) is 41.9 Å². The van der Waals surface area contributed by atoms with Gasteiger partial charge in [-0.15, -0.1) is 0 Å². The first-order valence-electron chi connectivity index (χ1n) is 12.9. The maximum atomic E-state index is 13.4. The number of benzene rings is 1. The monoisotopic (exact) mass is 512 g/mol. The molecule has 1 aromatic carbocycles. The smallest absolute Gasteiger partial charge is 0.259 e. The lowest BCUT2D eigenvalue weighted by atomic mass is 9.89. The van der Waals surface area contributed by atoms with Crippen LogP contribution in [0.15, 0.2) is 42.5 Å². The van der Waals surface area contributed by atoms with E-state index in [1.54, 1.807) is 20.2 Å². The largest absolute Gasteiger partial charge is 0.360 e. The molecule has 0 radical (unpaired) electrons. The molecule has 2 aliphatic rings. The van der Waals surface area contributed by atoms with Crippen LogP contribution in [0.1, 0.15) is 54.4 Å². The molecule has 194 valence electrons.